The lowest BCUT2D eigenvalue weighted by Crippen LogP contribution is -2.35. The van der Waals surface area contributed by atoms with Crippen LogP contribution in [0.2, 0.25) is 0 Å². The van der Waals surface area contributed by atoms with E-state index in [4.69, 9.17) is 10.1 Å². The Balaban J connectivity index is 1.74. The van der Waals surface area contributed by atoms with E-state index in [0.29, 0.717) is 11.1 Å². The molecule has 4 rings (SSSR count). The summed E-state index contributed by atoms with van der Waals surface area (Å²) in [4.78, 5) is 17.0. The normalized spacial score (nSPS) is 17.2. The van der Waals surface area contributed by atoms with E-state index in [1.54, 1.807) is 13.2 Å². The number of ether oxygens (including phenoxy) is 1. The topological polar surface area (TPSA) is 83.0 Å². The van der Waals surface area contributed by atoms with Gasteiger partial charge in [0.05, 0.1) is 18.4 Å². The number of hydrazone groups is 1. The minimum atomic E-state index is -0.410. The summed E-state index contributed by atoms with van der Waals surface area (Å²) in [6, 6.07) is 8.05. The SMILES string of the molecule is COc1ccc(C)cc1-n1c(C)cc(/C=C2/C(=N)N3N=C(CC(C)C)SC3=NC2=O)c1C. The number of thioether (sulfide) groups is 1. The number of fused-ring (bicyclic) bond motifs is 1. The van der Waals surface area contributed by atoms with E-state index in [9.17, 15) is 4.79 Å². The van der Waals surface area contributed by atoms with Gasteiger partial charge in [-0.3, -0.25) is 10.2 Å². The molecule has 0 aliphatic carbocycles. The molecule has 1 N–H and O–H groups in total. The number of carbonyl (C=O) groups excluding carboxylic acids is 1. The molecule has 1 aromatic carbocycles. The van der Waals surface area contributed by atoms with Crippen molar-refractivity contribution in [1.29, 1.82) is 5.41 Å². The van der Waals surface area contributed by atoms with Crippen LogP contribution >= 0.6 is 11.8 Å². The molecule has 7 nitrogen and oxygen atoms in total. The van der Waals surface area contributed by atoms with E-state index < -0.39 is 5.91 Å². The largest absolute Gasteiger partial charge is 0.495 e. The number of amides is 1. The number of nitrogens with one attached hydrogen (secondary N) is 1. The third-order valence-corrected chi connectivity index (χ3v) is 6.36. The van der Waals surface area contributed by atoms with E-state index >= 15 is 0 Å². The van der Waals surface area contributed by atoms with Crippen molar-refractivity contribution in [2.75, 3.05) is 7.11 Å². The summed E-state index contributed by atoms with van der Waals surface area (Å²) in [5.41, 5.74) is 5.12. The van der Waals surface area contributed by atoms with Crippen molar-refractivity contribution in [2.45, 2.75) is 41.0 Å². The number of nitrogens with zero attached hydrogens (tertiary/aromatic N) is 4. The first-order chi connectivity index (χ1) is 15.2. The van der Waals surface area contributed by atoms with Gasteiger partial charge in [-0.25, -0.2) is 0 Å². The van der Waals surface area contributed by atoms with Gasteiger partial charge in [0.1, 0.15) is 10.8 Å². The molecule has 0 unspecified atom stereocenters. The Kier molecular flexibility index (Phi) is 5.81. The lowest BCUT2D eigenvalue weighted by atomic mass is 10.1. The highest BCUT2D eigenvalue weighted by molar-refractivity contribution is 8.26. The van der Waals surface area contributed by atoms with Crippen LogP contribution in [-0.4, -0.2) is 38.6 Å². The Bertz CT molecular complexity index is 1220. The van der Waals surface area contributed by atoms with Crippen molar-refractivity contribution in [1.82, 2.24) is 9.58 Å². The summed E-state index contributed by atoms with van der Waals surface area (Å²) in [6.45, 7) is 10.3. The predicted octanol–water partition coefficient (Wildman–Crippen LogP) is 5.08. The first-order valence-corrected chi connectivity index (χ1v) is 11.3. The second-order valence-corrected chi connectivity index (χ2v) is 9.49. The molecule has 166 valence electrons. The highest BCUT2D eigenvalue weighted by Crippen LogP contribution is 2.33. The van der Waals surface area contributed by atoms with Crippen LogP contribution in [0, 0.1) is 32.1 Å². The molecular weight excluding hydrogens is 422 g/mol. The van der Waals surface area contributed by atoms with Crippen LogP contribution < -0.4 is 4.74 Å². The van der Waals surface area contributed by atoms with Gasteiger partial charge in [-0.2, -0.15) is 15.1 Å². The second kappa shape index (κ2) is 8.43. The Labute approximate surface area is 192 Å². The smallest absolute Gasteiger partial charge is 0.283 e. The minimum absolute atomic E-state index is 0.0594. The average molecular weight is 450 g/mol. The van der Waals surface area contributed by atoms with Gasteiger partial charge >= 0.3 is 0 Å². The maximum absolute atomic E-state index is 12.8. The lowest BCUT2D eigenvalue weighted by molar-refractivity contribution is -0.114. The fourth-order valence-corrected chi connectivity index (χ4v) is 5.00. The van der Waals surface area contributed by atoms with Gasteiger partial charge in [0, 0.05) is 17.8 Å². The number of hydrogen-bond donors (Lipinski definition) is 1. The molecule has 0 saturated heterocycles. The molecule has 8 heteroatoms. The van der Waals surface area contributed by atoms with E-state index in [2.05, 4.69) is 34.6 Å². The minimum Gasteiger partial charge on any atom is -0.495 e. The highest BCUT2D eigenvalue weighted by Gasteiger charge is 2.35. The number of methoxy groups -OCH3 is 1. The number of carbonyl (C=O) groups is 1. The molecule has 0 spiro atoms. The van der Waals surface area contributed by atoms with E-state index in [-0.39, 0.29) is 11.4 Å². The molecule has 0 radical (unpaired) electrons. The maximum Gasteiger partial charge on any atom is 0.283 e. The van der Waals surface area contributed by atoms with Gasteiger partial charge in [-0.1, -0.05) is 19.9 Å². The summed E-state index contributed by atoms with van der Waals surface area (Å²) < 4.78 is 7.68. The first kappa shape index (κ1) is 22.1. The van der Waals surface area contributed by atoms with Crippen molar-refractivity contribution in [3.8, 4) is 11.4 Å². The number of amidine groups is 2. The maximum atomic E-state index is 12.8. The fraction of sp³-hybridized carbons (Fsp3) is 0.333. The van der Waals surface area contributed by atoms with Crippen LogP contribution in [0.15, 0.2) is 39.9 Å². The van der Waals surface area contributed by atoms with Gasteiger partial charge in [0.25, 0.3) is 5.91 Å². The van der Waals surface area contributed by atoms with Gasteiger partial charge < -0.3 is 9.30 Å². The van der Waals surface area contributed by atoms with E-state index in [1.807, 2.05) is 39.0 Å². The van der Waals surface area contributed by atoms with E-state index in [0.717, 1.165) is 45.4 Å². The summed E-state index contributed by atoms with van der Waals surface area (Å²) in [6.07, 6.45) is 2.53. The summed E-state index contributed by atoms with van der Waals surface area (Å²) in [5, 5.41) is 16.0. The van der Waals surface area contributed by atoms with E-state index in [1.165, 1.54) is 16.8 Å². The molecular formula is C24H27N5O2S. The summed E-state index contributed by atoms with van der Waals surface area (Å²) >= 11 is 1.37. The number of aromatic nitrogens is 1. The Hall–Kier alpha value is -3.13. The Morgan fingerprint density at radius 2 is 1.97 bits per heavy atom. The molecule has 2 aliphatic rings. The molecule has 1 aromatic heterocycles. The summed E-state index contributed by atoms with van der Waals surface area (Å²) in [5.74, 6) is 0.859. The number of aliphatic imine (C=N–C) groups is 1. The molecule has 0 saturated carbocycles. The zero-order chi connectivity index (χ0) is 23.2. The van der Waals surface area contributed by atoms with Crippen LogP contribution in [-0.2, 0) is 4.79 Å². The van der Waals surface area contributed by atoms with Crippen LogP contribution in [0.5, 0.6) is 5.75 Å². The molecule has 0 bridgehead atoms. The van der Waals surface area contributed by atoms with Crippen LogP contribution in [0.4, 0.5) is 0 Å². The lowest BCUT2D eigenvalue weighted by Gasteiger charge is -2.20. The first-order valence-electron chi connectivity index (χ1n) is 10.5. The van der Waals surface area contributed by atoms with Crippen molar-refractivity contribution in [3.05, 3.63) is 52.4 Å². The van der Waals surface area contributed by atoms with Crippen molar-refractivity contribution < 1.29 is 9.53 Å². The van der Waals surface area contributed by atoms with Crippen LogP contribution in [0.3, 0.4) is 0 Å². The molecule has 2 aliphatic heterocycles. The third kappa shape index (κ3) is 3.90. The average Bonchev–Trinajstić information content (AvgIpc) is 3.24. The van der Waals surface area contributed by atoms with Crippen molar-refractivity contribution in [3.63, 3.8) is 0 Å². The monoisotopic (exact) mass is 449 g/mol. The third-order valence-electron chi connectivity index (χ3n) is 5.42. The van der Waals surface area contributed by atoms with Crippen LogP contribution in [0.1, 0.15) is 42.8 Å². The Morgan fingerprint density at radius 3 is 2.66 bits per heavy atom. The number of aryl methyl sites for hydroxylation is 2. The zero-order valence-electron chi connectivity index (χ0n) is 19.2. The zero-order valence-corrected chi connectivity index (χ0v) is 20.0. The molecule has 0 fully saturated rings. The molecule has 0 atom stereocenters. The predicted molar refractivity (Wildman–Crippen MR) is 131 cm³/mol. The quantitative estimate of drug-likeness (QED) is 0.646. The molecule has 2 aromatic rings. The highest BCUT2D eigenvalue weighted by atomic mass is 32.2. The molecule has 32 heavy (non-hydrogen) atoms. The standard InChI is InChI=1S/C24H27N5O2S/c1-13(2)9-21-27-29-22(25)18(23(30)26-24(29)32-21)12-17-11-15(4)28(16(17)5)19-10-14(3)7-8-20(19)31-6/h7-8,10-13,25H,9H2,1-6H3/b18-12-,25-22?. The second-order valence-electron chi connectivity index (χ2n) is 8.45. The van der Waals surface area contributed by atoms with Crippen molar-refractivity contribution in [2.24, 2.45) is 16.0 Å². The van der Waals surface area contributed by atoms with Crippen LogP contribution in [0.25, 0.3) is 11.8 Å². The van der Waals surface area contributed by atoms with Gasteiger partial charge in [-0.05, 0) is 73.9 Å². The van der Waals surface area contributed by atoms with Gasteiger partial charge in [0.15, 0.2) is 5.84 Å². The van der Waals surface area contributed by atoms with Crippen molar-refractivity contribution >= 4 is 39.8 Å². The number of hydrogen-bond acceptors (Lipinski definition) is 5. The van der Waals surface area contributed by atoms with Gasteiger partial charge in [0.2, 0.25) is 5.17 Å². The number of benzene rings is 1. The summed E-state index contributed by atoms with van der Waals surface area (Å²) in [7, 11) is 1.66. The number of rotatable bonds is 5. The fourth-order valence-electron chi connectivity index (χ4n) is 3.90. The molecule has 1 amide bonds. The Morgan fingerprint density at radius 1 is 1.22 bits per heavy atom. The van der Waals surface area contributed by atoms with Gasteiger partial charge in [-0.15, -0.1) is 0 Å². The molecule has 3 heterocycles.